The van der Waals surface area contributed by atoms with Gasteiger partial charge in [-0.1, -0.05) is 57.9 Å². The van der Waals surface area contributed by atoms with E-state index in [1.165, 1.54) is 25.7 Å². The van der Waals surface area contributed by atoms with E-state index in [1.807, 2.05) is 6.08 Å². The second kappa shape index (κ2) is 8.30. The van der Waals surface area contributed by atoms with E-state index in [9.17, 15) is 0 Å². The molecule has 0 aromatic rings. The third-order valence-electron chi connectivity index (χ3n) is 5.14. The minimum Gasteiger partial charge on any atom is -0.417 e. The Kier molecular flexibility index (Phi) is 7.38. The van der Waals surface area contributed by atoms with Crippen LogP contribution in [0.5, 0.6) is 0 Å². The highest BCUT2D eigenvalue weighted by atomic mass is 28.4. The molecule has 0 amide bonds. The highest BCUT2D eigenvalue weighted by Crippen LogP contribution is 2.38. The molecule has 0 heterocycles. The maximum Gasteiger partial charge on any atom is 0.191 e. The Morgan fingerprint density at radius 2 is 1.81 bits per heavy atom. The first-order valence-electron chi connectivity index (χ1n) is 8.36. The van der Waals surface area contributed by atoms with Crippen LogP contribution in [0.15, 0.2) is 24.3 Å². The predicted octanol–water partition coefficient (Wildman–Crippen LogP) is 4.92. The first-order valence-corrected chi connectivity index (χ1v) is 11.3. The largest absolute Gasteiger partial charge is 0.417 e. The van der Waals surface area contributed by atoms with Crippen LogP contribution in [0.4, 0.5) is 0 Å². The summed E-state index contributed by atoms with van der Waals surface area (Å²) in [4.78, 5) is 0. The van der Waals surface area contributed by atoms with Crippen molar-refractivity contribution in [2.24, 2.45) is 11.8 Å². The first-order chi connectivity index (χ1) is 9.78. The van der Waals surface area contributed by atoms with Crippen LogP contribution in [0.25, 0.3) is 0 Å². The second-order valence-corrected chi connectivity index (χ2v) is 12.6. The maximum absolute atomic E-state index is 8.77. The number of rotatable bonds is 6. The lowest BCUT2D eigenvalue weighted by atomic mass is 9.79. The molecule has 0 spiro atoms. The van der Waals surface area contributed by atoms with Crippen LogP contribution in [0.3, 0.4) is 0 Å². The first kappa shape index (κ1) is 18.7. The number of hydrogen-bond acceptors (Lipinski definition) is 2. The molecule has 0 aromatic carbocycles. The number of allylic oxidation sites excluding steroid dienone is 3. The van der Waals surface area contributed by atoms with Crippen LogP contribution in [0.1, 0.15) is 46.5 Å². The van der Waals surface area contributed by atoms with Crippen molar-refractivity contribution in [2.45, 2.75) is 64.6 Å². The summed E-state index contributed by atoms with van der Waals surface area (Å²) in [5.41, 5.74) is 0. The molecule has 1 N–H and O–H groups in total. The Hall–Kier alpha value is -0.383. The van der Waals surface area contributed by atoms with Crippen molar-refractivity contribution >= 4 is 8.32 Å². The zero-order chi connectivity index (χ0) is 15.9. The third kappa shape index (κ3) is 6.09. The van der Waals surface area contributed by atoms with Crippen LogP contribution < -0.4 is 0 Å². The fourth-order valence-corrected chi connectivity index (χ4v) is 3.64. The van der Waals surface area contributed by atoms with Gasteiger partial charge in [0.1, 0.15) is 0 Å². The second-order valence-electron chi connectivity index (χ2n) is 7.78. The number of hydrogen-bond donors (Lipinski definition) is 1. The van der Waals surface area contributed by atoms with E-state index in [1.54, 1.807) is 6.08 Å². The van der Waals surface area contributed by atoms with E-state index in [4.69, 9.17) is 9.53 Å². The van der Waals surface area contributed by atoms with Crippen LogP contribution in [-0.4, -0.2) is 26.6 Å². The maximum atomic E-state index is 8.77. The number of aliphatic hydroxyl groups is 1. The normalized spacial score (nSPS) is 25.0. The van der Waals surface area contributed by atoms with E-state index in [0.29, 0.717) is 11.8 Å². The molecule has 2 nitrogen and oxygen atoms in total. The summed E-state index contributed by atoms with van der Waals surface area (Å²) in [6.07, 6.45) is 13.3. The quantitative estimate of drug-likeness (QED) is 0.557. The van der Waals surface area contributed by atoms with Crippen molar-refractivity contribution < 1.29 is 9.53 Å². The van der Waals surface area contributed by atoms with Gasteiger partial charge in [-0.05, 0) is 42.8 Å². The van der Waals surface area contributed by atoms with Crippen LogP contribution in [0, 0.1) is 11.8 Å². The summed E-state index contributed by atoms with van der Waals surface area (Å²) in [5.74, 6) is 1.29. The molecule has 1 aliphatic rings. The predicted molar refractivity (Wildman–Crippen MR) is 94.0 cm³/mol. The Labute approximate surface area is 132 Å². The standard InChI is InChI=1S/C18H34O2Si/c1-18(2,3)21(4,5)20-15-17-13-9-8-12-16(17)11-7-6-10-14-19/h6-7,10-11,16-17,19H,8-9,12-15H2,1-5H3/b10-6+,11-7+/t16-,17+/m1/s1. The van der Waals surface area contributed by atoms with Crippen molar-refractivity contribution in [3.05, 3.63) is 24.3 Å². The number of aliphatic hydroxyl groups excluding tert-OH is 1. The summed E-state index contributed by atoms with van der Waals surface area (Å²) in [6.45, 7) is 12.6. The van der Waals surface area contributed by atoms with E-state index < -0.39 is 8.32 Å². The summed E-state index contributed by atoms with van der Waals surface area (Å²) >= 11 is 0. The summed E-state index contributed by atoms with van der Waals surface area (Å²) in [6, 6.07) is 0. The lowest BCUT2D eigenvalue weighted by Gasteiger charge is -2.39. The van der Waals surface area contributed by atoms with Gasteiger partial charge < -0.3 is 9.53 Å². The molecular weight excluding hydrogens is 276 g/mol. The summed E-state index contributed by atoms with van der Waals surface area (Å²) in [5, 5.41) is 9.06. The average Bonchev–Trinajstić information content (AvgIpc) is 2.41. The Balaban J connectivity index is 2.58. The summed E-state index contributed by atoms with van der Waals surface area (Å²) < 4.78 is 6.44. The zero-order valence-corrected chi connectivity index (χ0v) is 15.6. The van der Waals surface area contributed by atoms with Gasteiger partial charge in [-0.15, -0.1) is 0 Å². The van der Waals surface area contributed by atoms with Gasteiger partial charge in [-0.2, -0.15) is 0 Å². The van der Waals surface area contributed by atoms with Crippen molar-refractivity contribution in [2.75, 3.05) is 13.2 Å². The summed E-state index contributed by atoms with van der Waals surface area (Å²) in [7, 11) is -1.63. The lowest BCUT2D eigenvalue weighted by molar-refractivity contribution is 0.162. The van der Waals surface area contributed by atoms with E-state index in [2.05, 4.69) is 46.0 Å². The van der Waals surface area contributed by atoms with Gasteiger partial charge in [-0.3, -0.25) is 0 Å². The minimum atomic E-state index is -1.63. The fraction of sp³-hybridized carbons (Fsp3) is 0.778. The van der Waals surface area contributed by atoms with E-state index in [-0.39, 0.29) is 11.6 Å². The van der Waals surface area contributed by atoms with Gasteiger partial charge in [0.05, 0.1) is 6.61 Å². The third-order valence-corrected chi connectivity index (χ3v) is 9.64. The lowest BCUT2D eigenvalue weighted by Crippen LogP contribution is -2.42. The molecule has 1 fully saturated rings. The van der Waals surface area contributed by atoms with Gasteiger partial charge in [0, 0.05) is 6.61 Å². The van der Waals surface area contributed by atoms with Gasteiger partial charge in [0.25, 0.3) is 0 Å². The molecule has 2 atom stereocenters. The molecule has 1 saturated carbocycles. The van der Waals surface area contributed by atoms with Crippen LogP contribution >= 0.6 is 0 Å². The molecule has 122 valence electrons. The Bertz CT molecular complexity index is 353. The van der Waals surface area contributed by atoms with Gasteiger partial charge in [0.15, 0.2) is 8.32 Å². The van der Waals surface area contributed by atoms with Crippen LogP contribution in [0.2, 0.25) is 18.1 Å². The van der Waals surface area contributed by atoms with E-state index >= 15 is 0 Å². The van der Waals surface area contributed by atoms with Crippen molar-refractivity contribution in [3.8, 4) is 0 Å². The smallest absolute Gasteiger partial charge is 0.191 e. The van der Waals surface area contributed by atoms with Gasteiger partial charge >= 0.3 is 0 Å². The van der Waals surface area contributed by atoms with Crippen molar-refractivity contribution in [1.82, 2.24) is 0 Å². The Morgan fingerprint density at radius 1 is 1.14 bits per heavy atom. The molecule has 0 aliphatic heterocycles. The highest BCUT2D eigenvalue weighted by Gasteiger charge is 2.38. The van der Waals surface area contributed by atoms with E-state index in [0.717, 1.165) is 6.61 Å². The molecule has 3 heteroatoms. The topological polar surface area (TPSA) is 29.5 Å². The molecule has 0 bridgehead atoms. The molecule has 0 saturated heterocycles. The SMILES string of the molecule is CC(C)(C)[Si](C)(C)OC[C@@H]1CCCC[C@H]1/C=C/C=C/CO. The van der Waals surface area contributed by atoms with Gasteiger partial charge in [0.2, 0.25) is 0 Å². The molecule has 0 unspecified atom stereocenters. The molecule has 1 rings (SSSR count). The fourth-order valence-electron chi connectivity index (χ4n) is 2.57. The van der Waals surface area contributed by atoms with Crippen LogP contribution in [-0.2, 0) is 4.43 Å². The molecular formula is C18H34O2Si. The zero-order valence-electron chi connectivity index (χ0n) is 14.6. The Morgan fingerprint density at radius 3 is 2.43 bits per heavy atom. The average molecular weight is 311 g/mol. The molecule has 0 aromatic heterocycles. The monoisotopic (exact) mass is 310 g/mol. The van der Waals surface area contributed by atoms with Crippen molar-refractivity contribution in [3.63, 3.8) is 0 Å². The molecule has 21 heavy (non-hydrogen) atoms. The molecule has 0 radical (unpaired) electrons. The minimum absolute atomic E-state index is 0.118. The van der Waals surface area contributed by atoms with Gasteiger partial charge in [-0.25, -0.2) is 0 Å². The molecule has 1 aliphatic carbocycles. The highest BCUT2D eigenvalue weighted by molar-refractivity contribution is 6.74. The van der Waals surface area contributed by atoms with Crippen molar-refractivity contribution in [1.29, 1.82) is 0 Å².